The van der Waals surface area contributed by atoms with Crippen molar-refractivity contribution in [1.82, 2.24) is 5.32 Å². The van der Waals surface area contributed by atoms with Crippen molar-refractivity contribution in [2.45, 2.75) is 19.6 Å². The van der Waals surface area contributed by atoms with Gasteiger partial charge >= 0.3 is 0 Å². The lowest BCUT2D eigenvalue weighted by molar-refractivity contribution is 0.573. The monoisotopic (exact) mass is 240 g/mol. The molecule has 5 heteroatoms. The number of para-hydroxylation sites is 1. The summed E-state index contributed by atoms with van der Waals surface area (Å²) in [4.78, 5) is 4.33. The molecule has 1 aliphatic rings. The molecule has 0 aromatic heterocycles. The van der Waals surface area contributed by atoms with Gasteiger partial charge in [-0.15, -0.1) is 12.4 Å². The van der Waals surface area contributed by atoms with Crippen LogP contribution in [0.5, 0.6) is 0 Å². The van der Waals surface area contributed by atoms with Crippen molar-refractivity contribution < 1.29 is 0 Å². The molecule has 4 nitrogen and oxygen atoms in total. The number of hydrogen-bond acceptors (Lipinski definition) is 4. The highest BCUT2D eigenvalue weighted by atomic mass is 35.5. The summed E-state index contributed by atoms with van der Waals surface area (Å²) in [6.07, 6.45) is 0.981. The number of amidine groups is 1. The number of nitrogens with two attached hydrogens (primary N) is 1. The third-order valence-electron chi connectivity index (χ3n) is 2.35. The number of halogens is 1. The van der Waals surface area contributed by atoms with Gasteiger partial charge in [-0.05, 0) is 25.1 Å². The lowest BCUT2D eigenvalue weighted by Crippen LogP contribution is -2.40. The van der Waals surface area contributed by atoms with E-state index in [9.17, 15) is 0 Å². The second kappa shape index (κ2) is 5.72. The summed E-state index contributed by atoms with van der Waals surface area (Å²) >= 11 is 0. The normalized spacial score (nSPS) is 17.8. The molecule has 0 radical (unpaired) electrons. The number of hydrogen-bond donors (Lipinski definition) is 3. The van der Waals surface area contributed by atoms with Crippen molar-refractivity contribution in [3.8, 4) is 0 Å². The van der Waals surface area contributed by atoms with Gasteiger partial charge in [-0.25, -0.2) is 4.99 Å². The number of benzene rings is 1. The number of nitrogens with one attached hydrogen (secondary N) is 2. The summed E-state index contributed by atoms with van der Waals surface area (Å²) in [7, 11) is 0. The molecular formula is C11H17ClN4. The fraction of sp³-hybridized carbons (Fsp3) is 0.364. The molecule has 4 N–H and O–H groups in total. The molecule has 1 aliphatic heterocycles. The molecule has 1 aromatic rings. The largest absolute Gasteiger partial charge is 0.383 e. The zero-order valence-corrected chi connectivity index (χ0v) is 10.1. The summed E-state index contributed by atoms with van der Waals surface area (Å²) in [6.45, 7) is 3.05. The van der Waals surface area contributed by atoms with Gasteiger partial charge < -0.3 is 11.1 Å². The predicted octanol–water partition coefficient (Wildman–Crippen LogP) is 1.52. The van der Waals surface area contributed by atoms with Gasteiger partial charge in [0.2, 0.25) is 0 Å². The van der Waals surface area contributed by atoms with Crippen LogP contribution in [-0.4, -0.2) is 18.7 Å². The number of rotatable bonds is 3. The van der Waals surface area contributed by atoms with E-state index in [1.165, 1.54) is 0 Å². The van der Waals surface area contributed by atoms with Crippen molar-refractivity contribution in [2.24, 2.45) is 10.7 Å². The van der Waals surface area contributed by atoms with Gasteiger partial charge in [0.25, 0.3) is 0 Å². The van der Waals surface area contributed by atoms with Crippen LogP contribution in [0, 0.1) is 0 Å². The Labute approximate surface area is 102 Å². The molecule has 0 aliphatic carbocycles. The Hall–Kier alpha value is -1.26. The molecule has 0 saturated carbocycles. The Balaban J connectivity index is 0.00000128. The Bertz CT molecular complexity index is 378. The average Bonchev–Trinajstić information content (AvgIpc) is 2.26. The first kappa shape index (κ1) is 12.8. The second-order valence-electron chi connectivity index (χ2n) is 3.56. The van der Waals surface area contributed by atoms with E-state index in [1.54, 1.807) is 0 Å². The summed E-state index contributed by atoms with van der Waals surface area (Å²) < 4.78 is 0. The molecule has 0 fully saturated rings. The third kappa shape index (κ3) is 2.65. The Kier molecular flexibility index (Phi) is 4.58. The van der Waals surface area contributed by atoms with E-state index in [0.717, 1.165) is 24.2 Å². The maximum absolute atomic E-state index is 5.88. The van der Waals surface area contributed by atoms with Crippen molar-refractivity contribution >= 4 is 23.9 Å². The molecule has 16 heavy (non-hydrogen) atoms. The van der Waals surface area contributed by atoms with E-state index < -0.39 is 0 Å². The average molecular weight is 241 g/mol. The van der Waals surface area contributed by atoms with Crippen LogP contribution in [0.15, 0.2) is 29.3 Å². The number of nitrogens with zero attached hydrogens (tertiary/aromatic N) is 1. The maximum atomic E-state index is 5.88. The van der Waals surface area contributed by atoms with E-state index in [0.29, 0.717) is 5.84 Å². The summed E-state index contributed by atoms with van der Waals surface area (Å²) in [5.41, 5.74) is 7.90. The van der Waals surface area contributed by atoms with E-state index in [4.69, 9.17) is 5.73 Å². The van der Waals surface area contributed by atoms with Crippen LogP contribution in [0.4, 0.5) is 5.69 Å². The fourth-order valence-electron chi connectivity index (χ4n) is 1.60. The lowest BCUT2D eigenvalue weighted by atomic mass is 10.1. The summed E-state index contributed by atoms with van der Waals surface area (Å²) in [5.74, 6) is 0.595. The van der Waals surface area contributed by atoms with E-state index in [1.807, 2.05) is 24.3 Å². The van der Waals surface area contributed by atoms with Crippen LogP contribution < -0.4 is 16.4 Å². The van der Waals surface area contributed by atoms with Gasteiger partial charge in [0, 0.05) is 11.3 Å². The van der Waals surface area contributed by atoms with Gasteiger partial charge in [-0.1, -0.05) is 19.1 Å². The van der Waals surface area contributed by atoms with Crippen molar-refractivity contribution in [1.29, 1.82) is 0 Å². The Morgan fingerprint density at radius 2 is 2.19 bits per heavy atom. The van der Waals surface area contributed by atoms with Gasteiger partial charge in [-0.2, -0.15) is 0 Å². The summed E-state index contributed by atoms with van der Waals surface area (Å²) in [5, 5.41) is 6.55. The Morgan fingerprint density at radius 1 is 1.44 bits per heavy atom. The van der Waals surface area contributed by atoms with Crippen LogP contribution in [0.2, 0.25) is 0 Å². The molecule has 1 atom stereocenters. The highest BCUT2D eigenvalue weighted by Gasteiger charge is 2.16. The first-order valence-electron chi connectivity index (χ1n) is 5.24. The highest BCUT2D eigenvalue weighted by Crippen LogP contribution is 2.19. The zero-order valence-electron chi connectivity index (χ0n) is 9.23. The molecule has 1 unspecified atom stereocenters. The molecular weight excluding hydrogens is 224 g/mol. The first-order valence-corrected chi connectivity index (χ1v) is 5.24. The first-order chi connectivity index (χ1) is 7.31. The second-order valence-corrected chi connectivity index (χ2v) is 3.56. The predicted molar refractivity (Wildman–Crippen MR) is 70.1 cm³/mol. The zero-order chi connectivity index (χ0) is 10.7. The lowest BCUT2D eigenvalue weighted by Gasteiger charge is -2.24. The number of aliphatic imine (C=N–C) groups is 1. The van der Waals surface area contributed by atoms with Crippen molar-refractivity contribution in [3.05, 3.63) is 29.8 Å². The minimum Gasteiger partial charge on any atom is -0.383 e. The van der Waals surface area contributed by atoms with Crippen LogP contribution in [0.3, 0.4) is 0 Å². The highest BCUT2D eigenvalue weighted by molar-refractivity contribution is 6.03. The molecule has 2 rings (SSSR count). The van der Waals surface area contributed by atoms with Crippen molar-refractivity contribution in [2.75, 3.05) is 11.9 Å². The van der Waals surface area contributed by atoms with Crippen molar-refractivity contribution in [3.63, 3.8) is 0 Å². The number of fused-ring (bicyclic) bond motifs is 1. The van der Waals surface area contributed by atoms with Gasteiger partial charge in [0.15, 0.2) is 6.29 Å². The maximum Gasteiger partial charge on any atom is 0.176 e. The van der Waals surface area contributed by atoms with Gasteiger partial charge in [-0.3, -0.25) is 5.32 Å². The minimum absolute atomic E-state index is 0. The SMILES string of the molecule is CCCNC1N=C(N)c2ccccc2N1.Cl. The van der Waals surface area contributed by atoms with Crippen LogP contribution >= 0.6 is 12.4 Å². The smallest absolute Gasteiger partial charge is 0.176 e. The summed E-state index contributed by atoms with van der Waals surface area (Å²) in [6, 6.07) is 7.93. The molecule has 88 valence electrons. The molecule has 1 aromatic carbocycles. The van der Waals surface area contributed by atoms with Crippen LogP contribution in [0.1, 0.15) is 18.9 Å². The van der Waals surface area contributed by atoms with Crippen LogP contribution in [0.25, 0.3) is 0 Å². The molecule has 0 amide bonds. The molecule has 0 bridgehead atoms. The topological polar surface area (TPSA) is 62.4 Å². The van der Waals surface area contributed by atoms with E-state index in [-0.39, 0.29) is 18.7 Å². The van der Waals surface area contributed by atoms with Crippen LogP contribution in [-0.2, 0) is 0 Å². The quantitative estimate of drug-likeness (QED) is 0.751. The Morgan fingerprint density at radius 3 is 2.94 bits per heavy atom. The molecule has 0 saturated heterocycles. The third-order valence-corrected chi connectivity index (χ3v) is 2.35. The minimum atomic E-state index is -0.0974. The number of anilines is 1. The van der Waals surface area contributed by atoms with E-state index in [2.05, 4.69) is 22.5 Å². The van der Waals surface area contributed by atoms with Gasteiger partial charge in [0.05, 0.1) is 0 Å². The van der Waals surface area contributed by atoms with Gasteiger partial charge in [0.1, 0.15) is 5.84 Å². The molecule has 1 heterocycles. The standard InChI is InChI=1S/C11H16N4.ClH/c1-2-7-13-11-14-9-6-4-3-5-8(9)10(12)15-11;/h3-6,11,13-14H,2,7H2,1H3,(H2,12,15);1H. The molecule has 0 spiro atoms. The fourth-order valence-corrected chi connectivity index (χ4v) is 1.60. The van der Waals surface area contributed by atoms with E-state index >= 15 is 0 Å².